The zero-order chi connectivity index (χ0) is 22.1. The molecule has 0 aliphatic carbocycles. The smallest absolute Gasteiger partial charge is 0.227 e. The molecule has 0 aromatic heterocycles. The molecular weight excluding hydrogens is 338 g/mol. The van der Waals surface area contributed by atoms with Crippen molar-refractivity contribution in [3.8, 4) is 0 Å². The Hall–Kier alpha value is -1.19. The lowest BCUT2D eigenvalue weighted by molar-refractivity contribution is -0.140. The van der Waals surface area contributed by atoms with Crippen LogP contribution in [-0.2, 0) is 14.4 Å². The molecule has 1 aliphatic rings. The lowest BCUT2D eigenvalue weighted by Crippen LogP contribution is -2.42. The van der Waals surface area contributed by atoms with Crippen molar-refractivity contribution < 1.29 is 14.4 Å². The van der Waals surface area contributed by atoms with Crippen LogP contribution in [0.3, 0.4) is 0 Å². The molecule has 0 radical (unpaired) electrons. The van der Waals surface area contributed by atoms with Gasteiger partial charge in [-0.2, -0.15) is 0 Å². The quantitative estimate of drug-likeness (QED) is 0.585. The SMILES string of the molecule is CC(=O)C(C)(C)C.CC(C)(C)C(=O)N1CCCCC1.CCC(=O)C(C)(C)C. The molecule has 0 bridgehead atoms. The van der Waals surface area contributed by atoms with Crippen molar-refractivity contribution >= 4 is 17.5 Å². The lowest BCUT2D eigenvalue weighted by atomic mass is 9.90. The highest BCUT2D eigenvalue weighted by Crippen LogP contribution is 2.20. The van der Waals surface area contributed by atoms with Gasteiger partial charge in [0.15, 0.2) is 0 Å². The number of hydrogen-bond donors (Lipinski definition) is 0. The van der Waals surface area contributed by atoms with Gasteiger partial charge in [0.2, 0.25) is 5.91 Å². The summed E-state index contributed by atoms with van der Waals surface area (Å²) in [5.41, 5.74) is -0.466. The summed E-state index contributed by atoms with van der Waals surface area (Å²) in [6, 6.07) is 0. The molecule has 0 N–H and O–H groups in total. The monoisotopic (exact) mass is 383 g/mol. The number of carbonyl (C=O) groups is 3. The van der Waals surface area contributed by atoms with Crippen LogP contribution in [0.5, 0.6) is 0 Å². The normalized spacial score (nSPS) is 15.0. The highest BCUT2D eigenvalue weighted by atomic mass is 16.2. The fraction of sp³-hybridized carbons (Fsp3) is 0.870. The highest BCUT2D eigenvalue weighted by Gasteiger charge is 2.27. The predicted molar refractivity (Wildman–Crippen MR) is 115 cm³/mol. The fourth-order valence-corrected chi connectivity index (χ4v) is 2.10. The van der Waals surface area contributed by atoms with Crippen molar-refractivity contribution in [2.75, 3.05) is 13.1 Å². The van der Waals surface area contributed by atoms with Gasteiger partial charge in [0.1, 0.15) is 11.6 Å². The molecule has 0 aromatic carbocycles. The summed E-state index contributed by atoms with van der Waals surface area (Å²) in [5.74, 6) is 0.882. The highest BCUT2D eigenvalue weighted by molar-refractivity contribution is 5.83. The number of rotatable bonds is 1. The molecular formula is C23H45NO3. The molecule has 0 saturated carbocycles. The number of hydrogen-bond acceptors (Lipinski definition) is 3. The maximum Gasteiger partial charge on any atom is 0.227 e. The third-order valence-electron chi connectivity index (χ3n) is 4.50. The van der Waals surface area contributed by atoms with E-state index in [0.717, 1.165) is 13.1 Å². The van der Waals surface area contributed by atoms with Crippen molar-refractivity contribution in [2.24, 2.45) is 16.2 Å². The van der Waals surface area contributed by atoms with E-state index in [0.29, 0.717) is 18.1 Å². The Morgan fingerprint density at radius 2 is 1.07 bits per heavy atom. The Balaban J connectivity index is 0. The van der Waals surface area contributed by atoms with E-state index in [1.807, 2.05) is 74.1 Å². The minimum Gasteiger partial charge on any atom is -0.342 e. The van der Waals surface area contributed by atoms with Crippen LogP contribution in [0.2, 0.25) is 0 Å². The van der Waals surface area contributed by atoms with E-state index in [-0.39, 0.29) is 22.0 Å². The van der Waals surface area contributed by atoms with Gasteiger partial charge >= 0.3 is 0 Å². The van der Waals surface area contributed by atoms with Crippen LogP contribution in [0.15, 0.2) is 0 Å². The van der Waals surface area contributed by atoms with E-state index >= 15 is 0 Å². The zero-order valence-corrected chi connectivity index (χ0v) is 19.9. The molecule has 1 rings (SSSR count). The molecule has 1 heterocycles. The fourth-order valence-electron chi connectivity index (χ4n) is 2.10. The van der Waals surface area contributed by atoms with Gasteiger partial charge in [-0.15, -0.1) is 0 Å². The van der Waals surface area contributed by atoms with Crippen LogP contribution in [0.4, 0.5) is 0 Å². The molecule has 1 aliphatic heterocycles. The Labute approximate surface area is 168 Å². The summed E-state index contributed by atoms with van der Waals surface area (Å²) in [6.07, 6.45) is 4.31. The summed E-state index contributed by atoms with van der Waals surface area (Å²) in [6.45, 7) is 23.0. The summed E-state index contributed by atoms with van der Waals surface area (Å²) in [7, 11) is 0. The van der Waals surface area contributed by atoms with E-state index in [4.69, 9.17) is 0 Å². The van der Waals surface area contributed by atoms with Crippen molar-refractivity contribution in [2.45, 2.75) is 102 Å². The average Bonchev–Trinajstić information content (AvgIpc) is 2.52. The van der Waals surface area contributed by atoms with Gasteiger partial charge in [0, 0.05) is 35.8 Å². The Morgan fingerprint density at radius 1 is 0.704 bits per heavy atom. The molecule has 27 heavy (non-hydrogen) atoms. The molecule has 0 atom stereocenters. The molecule has 1 fully saturated rings. The van der Waals surface area contributed by atoms with Gasteiger partial charge in [-0.25, -0.2) is 0 Å². The van der Waals surface area contributed by atoms with Gasteiger partial charge in [0.05, 0.1) is 0 Å². The van der Waals surface area contributed by atoms with Crippen molar-refractivity contribution in [1.82, 2.24) is 4.90 Å². The van der Waals surface area contributed by atoms with Gasteiger partial charge in [-0.3, -0.25) is 14.4 Å². The number of nitrogens with zero attached hydrogens (tertiary/aromatic N) is 1. The number of amides is 1. The molecule has 0 aromatic rings. The maximum absolute atomic E-state index is 11.7. The maximum atomic E-state index is 11.7. The topological polar surface area (TPSA) is 54.5 Å². The molecule has 1 saturated heterocycles. The van der Waals surface area contributed by atoms with Gasteiger partial charge in [-0.1, -0.05) is 69.2 Å². The van der Waals surface area contributed by atoms with Crippen LogP contribution in [-0.4, -0.2) is 35.5 Å². The third kappa shape index (κ3) is 13.6. The zero-order valence-electron chi connectivity index (χ0n) is 19.9. The molecule has 160 valence electrons. The van der Waals surface area contributed by atoms with Crippen molar-refractivity contribution in [3.63, 3.8) is 0 Å². The number of Topliss-reactive ketones (excluding diaryl/α,β-unsaturated/α-hetero) is 2. The van der Waals surface area contributed by atoms with E-state index < -0.39 is 0 Å². The Morgan fingerprint density at radius 3 is 1.26 bits per heavy atom. The van der Waals surface area contributed by atoms with E-state index in [1.165, 1.54) is 19.3 Å². The molecule has 0 spiro atoms. The molecule has 4 nitrogen and oxygen atoms in total. The van der Waals surface area contributed by atoms with Gasteiger partial charge in [0.25, 0.3) is 0 Å². The summed E-state index contributed by atoms with van der Waals surface area (Å²) >= 11 is 0. The standard InChI is InChI=1S/C10H19NO.C7H14O.C6H12O/c1-10(2,3)9(12)11-7-5-4-6-8-11;1-5-6(8)7(2,3)4;1-5(7)6(2,3)4/h4-8H2,1-3H3;5H2,1-4H3;1-4H3. The predicted octanol–water partition coefficient (Wildman–Crippen LogP) is 5.68. The second kappa shape index (κ2) is 11.6. The van der Waals surface area contributed by atoms with Crippen LogP contribution in [0, 0.1) is 16.2 Å². The van der Waals surface area contributed by atoms with Gasteiger partial charge in [-0.05, 0) is 26.2 Å². The second-order valence-electron chi connectivity index (χ2n) is 10.4. The second-order valence-corrected chi connectivity index (χ2v) is 10.4. The minimum absolute atomic E-state index is 0.130. The lowest BCUT2D eigenvalue weighted by Gasteiger charge is -2.32. The van der Waals surface area contributed by atoms with Crippen LogP contribution < -0.4 is 0 Å². The molecule has 0 unspecified atom stereocenters. The first kappa shape index (κ1) is 28.0. The summed E-state index contributed by atoms with van der Waals surface area (Å²) in [5, 5.41) is 0. The molecule has 4 heteroatoms. The van der Waals surface area contributed by atoms with E-state index in [2.05, 4.69) is 0 Å². The number of ketones is 2. The van der Waals surface area contributed by atoms with E-state index in [9.17, 15) is 14.4 Å². The largest absolute Gasteiger partial charge is 0.342 e. The van der Waals surface area contributed by atoms with Crippen LogP contribution >= 0.6 is 0 Å². The minimum atomic E-state index is -0.197. The van der Waals surface area contributed by atoms with Gasteiger partial charge < -0.3 is 4.90 Å². The van der Waals surface area contributed by atoms with E-state index in [1.54, 1.807) is 6.92 Å². The summed E-state index contributed by atoms with van der Waals surface area (Å²) in [4.78, 5) is 35.0. The first-order valence-electron chi connectivity index (χ1n) is 10.3. The number of likely N-dealkylation sites (tertiary alicyclic amines) is 1. The molecule has 1 amide bonds. The average molecular weight is 384 g/mol. The number of piperidine rings is 1. The van der Waals surface area contributed by atoms with Crippen molar-refractivity contribution in [3.05, 3.63) is 0 Å². The first-order valence-corrected chi connectivity index (χ1v) is 10.3. The third-order valence-corrected chi connectivity index (χ3v) is 4.50. The Kier molecular flexibility index (Phi) is 12.0. The number of carbonyl (C=O) groups excluding carboxylic acids is 3. The van der Waals surface area contributed by atoms with Crippen LogP contribution in [0.25, 0.3) is 0 Å². The van der Waals surface area contributed by atoms with Crippen LogP contribution in [0.1, 0.15) is 102 Å². The Bertz CT molecular complexity index is 467. The van der Waals surface area contributed by atoms with Crippen molar-refractivity contribution in [1.29, 1.82) is 0 Å². The summed E-state index contributed by atoms with van der Waals surface area (Å²) < 4.78 is 0. The first-order chi connectivity index (χ1) is 11.9.